The van der Waals surface area contributed by atoms with E-state index in [1.165, 1.54) is 6.42 Å². The third-order valence-electron chi connectivity index (χ3n) is 1.27. The maximum absolute atomic E-state index is 6.58. The molecule has 0 spiro atoms. The predicted octanol–water partition coefficient (Wildman–Crippen LogP) is 0.328. The summed E-state index contributed by atoms with van der Waals surface area (Å²) < 4.78 is 0. The molecule has 7 heavy (non-hydrogen) atoms. The topological polar surface area (TPSA) is 12.0 Å². The lowest BCUT2D eigenvalue weighted by molar-refractivity contribution is 0.378. The van der Waals surface area contributed by atoms with Crippen molar-refractivity contribution in [2.45, 2.75) is 18.9 Å². The molecule has 0 bridgehead atoms. The normalized spacial score (nSPS) is 28.1. The molecule has 1 nitrogen and oxygen atoms in total. The van der Waals surface area contributed by atoms with Crippen LogP contribution in [0.15, 0.2) is 0 Å². The molecule has 1 atom stereocenters. The van der Waals surface area contributed by atoms with Crippen molar-refractivity contribution in [1.29, 1.82) is 0 Å². The molecule has 0 aromatic carbocycles. The summed E-state index contributed by atoms with van der Waals surface area (Å²) >= 11 is 0. The lowest BCUT2D eigenvalue weighted by atomic mass is 10.1. The Balaban J connectivity index is 2.06. The van der Waals surface area contributed by atoms with Gasteiger partial charge < -0.3 is 5.32 Å². The molecule has 1 heterocycles. The zero-order valence-electron chi connectivity index (χ0n) is 4.20. The van der Waals surface area contributed by atoms with Crippen LogP contribution in [0.1, 0.15) is 12.8 Å². The maximum Gasteiger partial charge on any atom is 0.0254 e. The van der Waals surface area contributed by atoms with Crippen LogP contribution in [0, 0.1) is 12.3 Å². The third kappa shape index (κ3) is 0.942. The highest BCUT2D eigenvalue weighted by atomic mass is 15.0. The summed E-state index contributed by atoms with van der Waals surface area (Å²) in [6, 6.07) is 0.581. The van der Waals surface area contributed by atoms with E-state index in [4.69, 9.17) is 6.42 Å². The Kier molecular flexibility index (Phi) is 1.33. The first-order valence-corrected chi connectivity index (χ1v) is 2.56. The van der Waals surface area contributed by atoms with Crippen molar-refractivity contribution in [2.24, 2.45) is 0 Å². The van der Waals surface area contributed by atoms with Gasteiger partial charge in [0.2, 0.25) is 0 Å². The summed E-state index contributed by atoms with van der Waals surface area (Å²) in [7, 11) is 0. The summed E-state index contributed by atoms with van der Waals surface area (Å²) in [6.45, 7) is 1.13. The second-order valence-electron chi connectivity index (χ2n) is 1.82. The lowest BCUT2D eigenvalue weighted by Crippen LogP contribution is -2.42. The molecule has 1 saturated heterocycles. The zero-order valence-corrected chi connectivity index (χ0v) is 4.20. The minimum atomic E-state index is 0.581. The molecule has 0 amide bonds. The Morgan fingerprint density at radius 1 is 1.86 bits per heavy atom. The molecule has 1 radical (unpaired) electrons. The number of hydrogen-bond acceptors (Lipinski definition) is 1. The van der Waals surface area contributed by atoms with Crippen molar-refractivity contribution >= 4 is 0 Å². The molecular formula is C6H8N. The molecule has 1 N–H and O–H groups in total. The second-order valence-corrected chi connectivity index (χ2v) is 1.82. The molecule has 0 aromatic heterocycles. The van der Waals surface area contributed by atoms with Gasteiger partial charge in [-0.15, -0.1) is 0 Å². The largest absolute Gasteiger partial charge is 0.313 e. The van der Waals surface area contributed by atoms with Gasteiger partial charge in [-0.05, 0) is 19.4 Å². The minimum absolute atomic E-state index is 0.581. The number of nitrogens with one attached hydrogen (secondary N) is 1. The molecule has 37 valence electrons. The average molecular weight is 94.1 g/mol. The highest BCUT2D eigenvalue weighted by Gasteiger charge is 2.13. The molecule has 1 aliphatic rings. The van der Waals surface area contributed by atoms with Gasteiger partial charge in [0.15, 0.2) is 0 Å². The fraction of sp³-hybridized carbons (Fsp3) is 0.667. The zero-order chi connectivity index (χ0) is 5.11. The van der Waals surface area contributed by atoms with E-state index in [1.807, 2.05) is 0 Å². The van der Waals surface area contributed by atoms with Gasteiger partial charge in [-0.3, -0.25) is 0 Å². The van der Waals surface area contributed by atoms with Crippen molar-refractivity contribution in [2.75, 3.05) is 6.54 Å². The van der Waals surface area contributed by atoms with Gasteiger partial charge in [-0.1, -0.05) is 5.92 Å². The Hall–Kier alpha value is -0.480. The first kappa shape index (κ1) is 4.67. The summed E-state index contributed by atoms with van der Waals surface area (Å²) in [5, 5.41) is 3.16. The molecule has 1 rings (SSSR count). The van der Waals surface area contributed by atoms with Gasteiger partial charge in [0.05, 0.1) is 0 Å². The van der Waals surface area contributed by atoms with Gasteiger partial charge in [0.1, 0.15) is 0 Å². The van der Waals surface area contributed by atoms with Crippen LogP contribution in [-0.2, 0) is 0 Å². The Morgan fingerprint density at radius 3 is 2.71 bits per heavy atom. The highest BCUT2D eigenvalue weighted by molar-refractivity contribution is 4.89. The van der Waals surface area contributed by atoms with Crippen LogP contribution in [0.25, 0.3) is 0 Å². The van der Waals surface area contributed by atoms with Crippen molar-refractivity contribution in [3.8, 4) is 5.92 Å². The average Bonchev–Trinajstić information content (AvgIpc) is 1.55. The van der Waals surface area contributed by atoms with Gasteiger partial charge in [0, 0.05) is 12.5 Å². The standard InChI is InChI=1S/C6H8N/c1-2-3-6-4-5-7-6/h6-7H,3-5H2. The van der Waals surface area contributed by atoms with Crippen LogP contribution in [0.3, 0.4) is 0 Å². The highest BCUT2D eigenvalue weighted by Crippen LogP contribution is 2.03. The fourth-order valence-corrected chi connectivity index (χ4v) is 0.646. The molecule has 0 aromatic rings. The summed E-state index contributed by atoms with van der Waals surface area (Å²) in [5.41, 5.74) is 0. The van der Waals surface area contributed by atoms with Crippen LogP contribution >= 0.6 is 0 Å². The molecular weight excluding hydrogens is 86.1 g/mol. The van der Waals surface area contributed by atoms with Crippen molar-refractivity contribution in [3.63, 3.8) is 0 Å². The monoisotopic (exact) mass is 94.1 g/mol. The molecule has 0 saturated carbocycles. The fourth-order valence-electron chi connectivity index (χ4n) is 0.646. The van der Waals surface area contributed by atoms with E-state index in [0.717, 1.165) is 13.0 Å². The predicted molar refractivity (Wildman–Crippen MR) is 28.2 cm³/mol. The SMILES string of the molecule is [C]#CCC1CCN1. The van der Waals surface area contributed by atoms with Crippen LogP contribution < -0.4 is 5.32 Å². The minimum Gasteiger partial charge on any atom is -0.313 e. The van der Waals surface area contributed by atoms with Gasteiger partial charge in [0.25, 0.3) is 0 Å². The Morgan fingerprint density at radius 2 is 2.57 bits per heavy atom. The van der Waals surface area contributed by atoms with E-state index < -0.39 is 0 Å². The van der Waals surface area contributed by atoms with E-state index in [-0.39, 0.29) is 0 Å². The van der Waals surface area contributed by atoms with Crippen LogP contribution in [0.4, 0.5) is 0 Å². The molecule has 0 aliphatic carbocycles. The third-order valence-corrected chi connectivity index (χ3v) is 1.27. The Bertz CT molecular complexity index is 86.8. The van der Waals surface area contributed by atoms with E-state index in [0.29, 0.717) is 6.04 Å². The van der Waals surface area contributed by atoms with Gasteiger partial charge >= 0.3 is 0 Å². The number of rotatable bonds is 1. The molecule has 1 heteroatoms. The smallest absolute Gasteiger partial charge is 0.0254 e. The summed E-state index contributed by atoms with van der Waals surface area (Å²) in [5.74, 6) is 2.36. The number of hydrogen-bond donors (Lipinski definition) is 1. The quantitative estimate of drug-likeness (QED) is 0.462. The summed E-state index contributed by atoms with van der Waals surface area (Å²) in [6.07, 6.45) is 8.60. The molecule has 1 unspecified atom stereocenters. The van der Waals surface area contributed by atoms with Crippen molar-refractivity contribution < 1.29 is 0 Å². The van der Waals surface area contributed by atoms with E-state index >= 15 is 0 Å². The first-order chi connectivity index (χ1) is 3.43. The van der Waals surface area contributed by atoms with Crippen LogP contribution in [0.2, 0.25) is 0 Å². The molecule has 1 aliphatic heterocycles. The van der Waals surface area contributed by atoms with Crippen LogP contribution in [0.5, 0.6) is 0 Å². The van der Waals surface area contributed by atoms with Crippen molar-refractivity contribution in [1.82, 2.24) is 5.32 Å². The lowest BCUT2D eigenvalue weighted by Gasteiger charge is -2.24. The van der Waals surface area contributed by atoms with E-state index in [2.05, 4.69) is 11.2 Å². The first-order valence-electron chi connectivity index (χ1n) is 2.56. The van der Waals surface area contributed by atoms with Crippen LogP contribution in [-0.4, -0.2) is 12.6 Å². The second kappa shape index (κ2) is 1.99. The van der Waals surface area contributed by atoms with Gasteiger partial charge in [-0.25, -0.2) is 0 Å². The van der Waals surface area contributed by atoms with E-state index in [9.17, 15) is 0 Å². The molecule has 1 fully saturated rings. The van der Waals surface area contributed by atoms with E-state index in [1.54, 1.807) is 0 Å². The van der Waals surface area contributed by atoms with Gasteiger partial charge in [-0.2, -0.15) is 0 Å². The maximum atomic E-state index is 6.58. The van der Waals surface area contributed by atoms with Crippen molar-refractivity contribution in [3.05, 3.63) is 6.42 Å². The summed E-state index contributed by atoms with van der Waals surface area (Å²) in [4.78, 5) is 0. The Labute approximate surface area is 44.1 Å².